The molecule has 2 saturated heterocycles. The molecule has 1 unspecified atom stereocenters. The summed E-state index contributed by atoms with van der Waals surface area (Å²) in [5.74, 6) is -0.706. The molecule has 0 aromatic heterocycles. The average molecular weight is 635 g/mol. The van der Waals surface area contributed by atoms with E-state index < -0.39 is 74.3 Å². The van der Waals surface area contributed by atoms with Crippen LogP contribution in [0.2, 0.25) is 0 Å². The van der Waals surface area contributed by atoms with Gasteiger partial charge in [0.15, 0.2) is 0 Å². The molecular formula is C31H42N2O12. The number of hydrogen-bond donors (Lipinski definition) is 10. The van der Waals surface area contributed by atoms with E-state index in [9.17, 15) is 50.4 Å². The van der Waals surface area contributed by atoms with Gasteiger partial charge in [-0.25, -0.2) is 0 Å². The Bertz CT molecular complexity index is 1180. The summed E-state index contributed by atoms with van der Waals surface area (Å²) in [4.78, 5) is 25.4. The number of hydrogen-bond acceptors (Lipinski definition) is 12. The lowest BCUT2D eigenvalue weighted by Crippen LogP contribution is -2.55. The summed E-state index contributed by atoms with van der Waals surface area (Å²) in [6.07, 6.45) is -11.1. The van der Waals surface area contributed by atoms with Gasteiger partial charge in [-0.05, 0) is 54.7 Å². The Labute approximate surface area is 259 Å². The lowest BCUT2D eigenvalue weighted by atomic mass is 9.90. The van der Waals surface area contributed by atoms with Gasteiger partial charge in [0.2, 0.25) is 0 Å². The molecule has 248 valence electrons. The smallest absolute Gasteiger partial charge is 0.251 e. The molecule has 45 heavy (non-hydrogen) atoms. The van der Waals surface area contributed by atoms with E-state index in [2.05, 4.69) is 10.6 Å². The zero-order valence-corrected chi connectivity index (χ0v) is 24.6. The third kappa shape index (κ3) is 8.23. The zero-order valence-electron chi connectivity index (χ0n) is 24.6. The van der Waals surface area contributed by atoms with Crippen molar-refractivity contribution in [3.05, 3.63) is 70.8 Å². The van der Waals surface area contributed by atoms with Gasteiger partial charge in [0, 0.05) is 24.2 Å². The van der Waals surface area contributed by atoms with E-state index in [0.29, 0.717) is 54.6 Å². The molecule has 10 atom stereocenters. The van der Waals surface area contributed by atoms with Gasteiger partial charge in [0.1, 0.15) is 61.0 Å². The van der Waals surface area contributed by atoms with Crippen LogP contribution in [0.3, 0.4) is 0 Å². The fraction of sp³-hybridized carbons (Fsp3) is 0.548. The summed E-state index contributed by atoms with van der Waals surface area (Å²) in [5.41, 5.74) is 1.44. The highest BCUT2D eigenvalue weighted by Gasteiger charge is 2.45. The van der Waals surface area contributed by atoms with Crippen LogP contribution in [0.15, 0.2) is 48.5 Å². The number of aliphatic hydroxyl groups is 8. The average Bonchev–Trinajstić information content (AvgIpc) is 3.06. The molecule has 0 bridgehead atoms. The molecular weight excluding hydrogens is 592 g/mol. The van der Waals surface area contributed by atoms with Crippen molar-refractivity contribution in [2.45, 2.75) is 80.3 Å². The van der Waals surface area contributed by atoms with E-state index in [0.717, 1.165) is 0 Å². The molecule has 2 fully saturated rings. The first-order valence-corrected chi connectivity index (χ1v) is 14.9. The fourth-order valence-corrected chi connectivity index (χ4v) is 5.50. The van der Waals surface area contributed by atoms with E-state index in [-0.39, 0.29) is 11.8 Å². The number of ether oxygens (including phenoxy) is 2. The number of carbonyl (C=O) groups is 2. The second-order valence-electron chi connectivity index (χ2n) is 11.3. The predicted octanol–water partition coefficient (Wildman–Crippen LogP) is -1.95. The lowest BCUT2D eigenvalue weighted by Gasteiger charge is -2.40. The molecule has 0 spiro atoms. The number of carbonyl (C=O) groups excluding carboxylic acids is 2. The van der Waals surface area contributed by atoms with E-state index in [1.54, 1.807) is 36.4 Å². The molecule has 2 aliphatic heterocycles. The summed E-state index contributed by atoms with van der Waals surface area (Å²) in [6, 6.07) is 12.7. The van der Waals surface area contributed by atoms with E-state index in [4.69, 9.17) is 9.47 Å². The lowest BCUT2D eigenvalue weighted by molar-refractivity contribution is -0.231. The molecule has 0 radical (unpaired) electrons. The highest BCUT2D eigenvalue weighted by atomic mass is 16.6. The van der Waals surface area contributed by atoms with Gasteiger partial charge < -0.3 is 61.0 Å². The summed E-state index contributed by atoms with van der Waals surface area (Å²) in [7, 11) is 0. The number of benzene rings is 2. The Kier molecular flexibility index (Phi) is 12.4. The number of nitrogens with one attached hydrogen (secondary N) is 2. The van der Waals surface area contributed by atoms with Crippen LogP contribution in [0.25, 0.3) is 0 Å². The fourth-order valence-electron chi connectivity index (χ4n) is 5.50. The van der Waals surface area contributed by atoms with Crippen LogP contribution < -0.4 is 10.6 Å². The van der Waals surface area contributed by atoms with Crippen LogP contribution in [0.5, 0.6) is 0 Å². The third-order valence-electron chi connectivity index (χ3n) is 8.16. The first-order valence-electron chi connectivity index (χ1n) is 14.9. The van der Waals surface area contributed by atoms with Crippen LogP contribution in [0.1, 0.15) is 63.3 Å². The van der Waals surface area contributed by atoms with Crippen LogP contribution in [-0.2, 0) is 9.47 Å². The Balaban J connectivity index is 1.19. The van der Waals surface area contributed by atoms with Crippen molar-refractivity contribution >= 4 is 11.8 Å². The van der Waals surface area contributed by atoms with Crippen molar-refractivity contribution < 1.29 is 59.9 Å². The van der Waals surface area contributed by atoms with Crippen molar-refractivity contribution in [3.8, 4) is 0 Å². The Morgan fingerprint density at radius 2 is 0.978 bits per heavy atom. The number of aliphatic hydroxyl groups excluding tert-OH is 8. The molecule has 4 rings (SSSR count). The van der Waals surface area contributed by atoms with Crippen LogP contribution in [0, 0.1) is 0 Å². The first-order chi connectivity index (χ1) is 21.6. The van der Waals surface area contributed by atoms with Gasteiger partial charge in [0.05, 0.1) is 13.2 Å². The van der Waals surface area contributed by atoms with Crippen LogP contribution in [-0.4, -0.2) is 128 Å². The van der Waals surface area contributed by atoms with Crippen molar-refractivity contribution in [2.24, 2.45) is 0 Å². The summed E-state index contributed by atoms with van der Waals surface area (Å²) < 4.78 is 11.1. The molecule has 2 amide bonds. The molecule has 14 nitrogen and oxygen atoms in total. The topological polar surface area (TPSA) is 238 Å². The predicted molar refractivity (Wildman–Crippen MR) is 157 cm³/mol. The van der Waals surface area contributed by atoms with Crippen molar-refractivity contribution in [1.82, 2.24) is 10.6 Å². The zero-order chi connectivity index (χ0) is 32.7. The monoisotopic (exact) mass is 634 g/mol. The van der Waals surface area contributed by atoms with E-state index in [1.165, 1.54) is 12.1 Å². The minimum Gasteiger partial charge on any atom is -0.394 e. The van der Waals surface area contributed by atoms with Crippen LogP contribution >= 0.6 is 0 Å². The van der Waals surface area contributed by atoms with E-state index in [1.807, 2.05) is 0 Å². The maximum atomic E-state index is 12.7. The minimum atomic E-state index is -1.52. The quantitative estimate of drug-likeness (QED) is 0.115. The number of rotatable bonds is 12. The van der Waals surface area contributed by atoms with Gasteiger partial charge in [-0.1, -0.05) is 24.3 Å². The van der Waals surface area contributed by atoms with Crippen molar-refractivity contribution in [3.63, 3.8) is 0 Å². The second-order valence-corrected chi connectivity index (χ2v) is 11.3. The molecule has 2 aliphatic rings. The van der Waals surface area contributed by atoms with Crippen molar-refractivity contribution in [2.75, 3.05) is 26.3 Å². The molecule has 2 heterocycles. The molecule has 2 aromatic carbocycles. The maximum absolute atomic E-state index is 12.7. The summed E-state index contributed by atoms with van der Waals surface area (Å²) >= 11 is 0. The Morgan fingerprint density at radius 3 is 1.36 bits per heavy atom. The normalized spacial score (nSPS) is 31.7. The molecule has 14 heteroatoms. The van der Waals surface area contributed by atoms with Gasteiger partial charge in [-0.2, -0.15) is 0 Å². The first kappa shape index (κ1) is 34.8. The number of unbranched alkanes of at least 4 members (excludes halogenated alkanes) is 2. The highest BCUT2D eigenvalue weighted by Crippen LogP contribution is 2.34. The van der Waals surface area contributed by atoms with Gasteiger partial charge in [0.25, 0.3) is 11.8 Å². The Morgan fingerprint density at radius 1 is 0.578 bits per heavy atom. The maximum Gasteiger partial charge on any atom is 0.251 e. The van der Waals surface area contributed by atoms with Gasteiger partial charge in [-0.3, -0.25) is 9.59 Å². The SMILES string of the molecule is O=C(NCCCCCNC(=O)c1cccc([C@H]2O[C@H](CO)[C@@H](O)[C@H](O)[C@@H]2O)c1)c1cccc([C@H]2O[C@H](CO)[C@@H](O)[C@H](O)C2O)c1. The third-order valence-corrected chi connectivity index (χ3v) is 8.16. The molecule has 10 N–H and O–H groups in total. The van der Waals surface area contributed by atoms with Crippen LogP contribution in [0.4, 0.5) is 0 Å². The molecule has 2 aromatic rings. The van der Waals surface area contributed by atoms with Gasteiger partial charge >= 0.3 is 0 Å². The summed E-state index contributed by atoms with van der Waals surface area (Å²) in [6.45, 7) is -0.357. The minimum absolute atomic E-state index is 0.308. The van der Waals surface area contributed by atoms with Crippen molar-refractivity contribution in [1.29, 1.82) is 0 Å². The Hall–Kier alpha value is -3.02. The molecule has 0 saturated carbocycles. The summed E-state index contributed by atoms with van der Waals surface area (Å²) in [5, 5.41) is 85.4. The van der Waals surface area contributed by atoms with Gasteiger partial charge in [-0.15, -0.1) is 0 Å². The van der Waals surface area contributed by atoms with E-state index >= 15 is 0 Å². The second kappa shape index (κ2) is 16.0. The standard InChI is InChI=1S/C31H42N2O12/c34-14-20-22(36)24(38)26(40)28(44-20)16-6-4-8-18(12-16)30(42)32-10-2-1-3-11-33-31(43)19-9-5-7-17(13-19)29-27(41)25(39)23(37)21(15-35)45-29/h4-9,12-13,20-29,34-41H,1-3,10-11,14-15H2,(H,32,42)(H,33,43)/t20-,21-,22-,23-,24+,25+,26+,27?,28-,29-/m1/s1. The molecule has 0 aliphatic carbocycles. The highest BCUT2D eigenvalue weighted by molar-refractivity contribution is 5.94. The largest absolute Gasteiger partial charge is 0.394 e. The number of amides is 2.